The maximum atomic E-state index is 13.0. The van der Waals surface area contributed by atoms with Crippen molar-refractivity contribution < 1.29 is 39.1 Å². The number of carbonyl (C=O) groups is 3. The van der Waals surface area contributed by atoms with Crippen LogP contribution < -0.4 is 0 Å². The fourth-order valence-corrected chi connectivity index (χ4v) is 3.82. The van der Waals surface area contributed by atoms with Crippen LogP contribution >= 0.6 is 0 Å². The SMILES string of the molecule is O=C(OOC(=O)C(O)(c1ccccc1)c1ccccc1)OC(=O)C(O)(c1ccccc1)c1ccccc1. The van der Waals surface area contributed by atoms with E-state index in [9.17, 15) is 24.6 Å². The molecule has 0 atom stereocenters. The van der Waals surface area contributed by atoms with E-state index in [1.54, 1.807) is 72.8 Å². The van der Waals surface area contributed by atoms with Gasteiger partial charge in [-0.15, -0.1) is 0 Å². The number of benzene rings is 4. The fraction of sp³-hybridized carbons (Fsp3) is 0.0690. The van der Waals surface area contributed by atoms with Gasteiger partial charge in [0.15, 0.2) is 0 Å². The van der Waals surface area contributed by atoms with E-state index >= 15 is 0 Å². The van der Waals surface area contributed by atoms with E-state index in [-0.39, 0.29) is 22.3 Å². The Bertz CT molecular complexity index is 1280. The molecule has 0 saturated carbocycles. The average Bonchev–Trinajstić information content (AvgIpc) is 2.96. The highest BCUT2D eigenvalue weighted by Gasteiger charge is 2.45. The molecule has 0 bridgehead atoms. The largest absolute Gasteiger partial charge is 0.558 e. The van der Waals surface area contributed by atoms with Crippen LogP contribution in [0.25, 0.3) is 0 Å². The number of aliphatic hydroxyl groups is 2. The molecule has 4 rings (SSSR count). The highest BCUT2D eigenvalue weighted by atomic mass is 17.2. The first-order chi connectivity index (χ1) is 17.9. The zero-order valence-electron chi connectivity index (χ0n) is 19.4. The van der Waals surface area contributed by atoms with Gasteiger partial charge >= 0.3 is 18.1 Å². The molecule has 0 aliphatic heterocycles. The predicted molar refractivity (Wildman–Crippen MR) is 130 cm³/mol. The number of rotatable bonds is 6. The molecule has 0 fully saturated rings. The third-order valence-corrected chi connectivity index (χ3v) is 5.72. The fourth-order valence-electron chi connectivity index (χ4n) is 3.82. The average molecular weight is 498 g/mol. The first kappa shape index (κ1) is 25.3. The Kier molecular flexibility index (Phi) is 7.43. The normalized spacial score (nSPS) is 11.3. The van der Waals surface area contributed by atoms with Crippen LogP contribution in [0.3, 0.4) is 0 Å². The maximum absolute atomic E-state index is 13.0. The van der Waals surface area contributed by atoms with Crippen LogP contribution in [0.5, 0.6) is 0 Å². The van der Waals surface area contributed by atoms with Gasteiger partial charge in [-0.05, 0) is 22.3 Å². The van der Waals surface area contributed by atoms with Crippen LogP contribution in [0.1, 0.15) is 22.3 Å². The summed E-state index contributed by atoms with van der Waals surface area (Å²) in [6, 6.07) is 31.5. The van der Waals surface area contributed by atoms with Crippen molar-refractivity contribution in [1.82, 2.24) is 0 Å². The highest BCUT2D eigenvalue weighted by Crippen LogP contribution is 2.32. The van der Waals surface area contributed by atoms with Crippen molar-refractivity contribution in [2.24, 2.45) is 0 Å². The lowest BCUT2D eigenvalue weighted by Crippen LogP contribution is -2.41. The highest BCUT2D eigenvalue weighted by molar-refractivity contribution is 5.92. The zero-order valence-corrected chi connectivity index (χ0v) is 19.4. The third kappa shape index (κ3) is 5.11. The van der Waals surface area contributed by atoms with E-state index < -0.39 is 29.3 Å². The van der Waals surface area contributed by atoms with E-state index in [1.165, 1.54) is 48.5 Å². The molecule has 186 valence electrons. The molecule has 4 aromatic carbocycles. The molecule has 0 aliphatic carbocycles. The van der Waals surface area contributed by atoms with Gasteiger partial charge in [0.05, 0.1) is 0 Å². The summed E-state index contributed by atoms with van der Waals surface area (Å²) in [5.41, 5.74) is -4.11. The van der Waals surface area contributed by atoms with E-state index in [0.29, 0.717) is 0 Å². The van der Waals surface area contributed by atoms with Crippen LogP contribution in [0.2, 0.25) is 0 Å². The second kappa shape index (κ2) is 10.9. The van der Waals surface area contributed by atoms with E-state index in [0.717, 1.165) is 0 Å². The molecule has 0 unspecified atom stereocenters. The smallest absolute Gasteiger partial charge is 0.370 e. The molecule has 0 aromatic heterocycles. The van der Waals surface area contributed by atoms with Crippen molar-refractivity contribution in [3.63, 3.8) is 0 Å². The van der Waals surface area contributed by atoms with Gasteiger partial charge in [0.1, 0.15) is 0 Å². The van der Waals surface area contributed by atoms with E-state index in [1.807, 2.05) is 0 Å². The summed E-state index contributed by atoms with van der Waals surface area (Å²) in [6.07, 6.45) is -1.72. The lowest BCUT2D eigenvalue weighted by molar-refractivity contribution is -0.257. The number of hydrogen-bond acceptors (Lipinski definition) is 8. The molecule has 0 amide bonds. The summed E-state index contributed by atoms with van der Waals surface area (Å²) in [6.45, 7) is 0. The van der Waals surface area contributed by atoms with Crippen LogP contribution in [0, 0.1) is 0 Å². The second-order valence-electron chi connectivity index (χ2n) is 7.98. The summed E-state index contributed by atoms with van der Waals surface area (Å²) >= 11 is 0. The number of carbonyl (C=O) groups excluding carboxylic acids is 3. The van der Waals surface area contributed by atoms with Crippen LogP contribution in [0.15, 0.2) is 121 Å². The Labute approximate surface area is 212 Å². The summed E-state index contributed by atoms with van der Waals surface area (Å²) in [7, 11) is 0. The number of esters is 1. The molecule has 0 spiro atoms. The van der Waals surface area contributed by atoms with Crippen molar-refractivity contribution in [2.45, 2.75) is 11.2 Å². The van der Waals surface area contributed by atoms with Gasteiger partial charge in [0.2, 0.25) is 11.2 Å². The minimum atomic E-state index is -2.36. The lowest BCUT2D eigenvalue weighted by atomic mass is 9.86. The number of hydrogen-bond donors (Lipinski definition) is 2. The van der Waals surface area contributed by atoms with Crippen molar-refractivity contribution in [3.8, 4) is 0 Å². The molecule has 0 heterocycles. The first-order valence-corrected chi connectivity index (χ1v) is 11.2. The Hall–Kier alpha value is -4.79. The maximum Gasteiger partial charge on any atom is 0.558 e. The van der Waals surface area contributed by atoms with Crippen LogP contribution in [-0.4, -0.2) is 28.3 Å². The molecular weight excluding hydrogens is 476 g/mol. The Balaban J connectivity index is 1.53. The molecule has 0 saturated heterocycles. The van der Waals surface area contributed by atoms with Crippen molar-refractivity contribution in [1.29, 1.82) is 0 Å². The van der Waals surface area contributed by atoms with Crippen molar-refractivity contribution in [3.05, 3.63) is 144 Å². The molecule has 4 aromatic rings. The second-order valence-corrected chi connectivity index (χ2v) is 7.98. The van der Waals surface area contributed by atoms with Gasteiger partial charge in [0.25, 0.3) is 0 Å². The Morgan fingerprint density at radius 1 is 0.459 bits per heavy atom. The van der Waals surface area contributed by atoms with Gasteiger partial charge in [-0.1, -0.05) is 121 Å². The summed E-state index contributed by atoms with van der Waals surface area (Å²) < 4.78 is 4.69. The molecule has 0 aliphatic rings. The molecular formula is C29H22O8. The van der Waals surface area contributed by atoms with Gasteiger partial charge in [0, 0.05) is 0 Å². The quantitative estimate of drug-likeness (QED) is 0.177. The van der Waals surface area contributed by atoms with Gasteiger partial charge in [-0.3, -0.25) is 0 Å². The topological polar surface area (TPSA) is 119 Å². The molecule has 0 radical (unpaired) electrons. The number of ether oxygens (including phenoxy) is 1. The van der Waals surface area contributed by atoms with E-state index in [2.05, 4.69) is 14.5 Å². The summed E-state index contributed by atoms with van der Waals surface area (Å²) in [5, 5.41) is 22.7. The van der Waals surface area contributed by atoms with Gasteiger partial charge in [-0.2, -0.15) is 4.79 Å². The minimum Gasteiger partial charge on any atom is -0.370 e. The van der Waals surface area contributed by atoms with Crippen LogP contribution in [-0.2, 0) is 35.3 Å². The molecule has 2 N–H and O–H groups in total. The molecule has 8 nitrogen and oxygen atoms in total. The molecule has 37 heavy (non-hydrogen) atoms. The minimum absolute atomic E-state index is 0.138. The first-order valence-electron chi connectivity index (χ1n) is 11.2. The molecule has 8 heteroatoms. The lowest BCUT2D eigenvalue weighted by Gasteiger charge is -2.26. The predicted octanol–water partition coefficient (Wildman–Crippen LogP) is 4.00. The zero-order chi connectivity index (χ0) is 26.3. The van der Waals surface area contributed by atoms with Gasteiger partial charge < -0.3 is 14.9 Å². The van der Waals surface area contributed by atoms with Crippen LogP contribution in [0.4, 0.5) is 4.79 Å². The summed E-state index contributed by atoms with van der Waals surface area (Å²) in [5.74, 6) is -2.73. The van der Waals surface area contributed by atoms with Crippen molar-refractivity contribution in [2.75, 3.05) is 0 Å². The van der Waals surface area contributed by atoms with Crippen molar-refractivity contribution >= 4 is 18.1 Å². The van der Waals surface area contributed by atoms with E-state index in [4.69, 9.17) is 0 Å². The summed E-state index contributed by atoms with van der Waals surface area (Å²) in [4.78, 5) is 47.3. The Morgan fingerprint density at radius 3 is 1.08 bits per heavy atom. The third-order valence-electron chi connectivity index (χ3n) is 5.72. The van der Waals surface area contributed by atoms with Gasteiger partial charge in [-0.25, -0.2) is 19.4 Å². The standard InChI is InChI=1S/C29H22O8/c30-25(28(33,21-13-5-1-6-14-21)22-15-7-2-8-16-22)35-27(32)37-36-26(31)29(34,23-17-9-3-10-18-23)24-19-11-4-12-20-24/h1-20,33-34H. The Morgan fingerprint density at radius 2 is 0.757 bits per heavy atom. The monoisotopic (exact) mass is 498 g/mol.